The van der Waals surface area contributed by atoms with Crippen LogP contribution in [0.1, 0.15) is 15.9 Å². The predicted octanol–water partition coefficient (Wildman–Crippen LogP) is 3.13. The van der Waals surface area contributed by atoms with Gasteiger partial charge in [-0.1, -0.05) is 34.1 Å². The summed E-state index contributed by atoms with van der Waals surface area (Å²) in [4.78, 5) is 13.7. The van der Waals surface area contributed by atoms with E-state index < -0.39 is 5.91 Å². The maximum absolute atomic E-state index is 12.3. The molecular weight excluding hydrogens is 322 g/mol. The van der Waals surface area contributed by atoms with Crippen molar-refractivity contribution in [3.8, 4) is 11.5 Å². The van der Waals surface area contributed by atoms with E-state index in [4.69, 9.17) is 0 Å². The molecule has 2 N–H and O–H groups in total. The number of nitrogens with zero attached hydrogens (tertiary/aromatic N) is 1. The van der Waals surface area contributed by atoms with E-state index in [0.29, 0.717) is 6.54 Å². The molecule has 0 heterocycles. The summed E-state index contributed by atoms with van der Waals surface area (Å²) >= 11 is 3.35. The first-order valence-electron chi connectivity index (χ1n) is 6.00. The van der Waals surface area contributed by atoms with E-state index in [1.165, 1.54) is 23.1 Å². The zero-order valence-corrected chi connectivity index (χ0v) is 12.5. The molecule has 0 aliphatic rings. The minimum atomic E-state index is -0.427. The SMILES string of the molecule is CN(Cc1ccc(Br)cc1)C(=O)c1c(O)cccc1O. The average Bonchev–Trinajstić information content (AvgIpc) is 2.41. The van der Waals surface area contributed by atoms with Crippen LogP contribution in [0.5, 0.6) is 11.5 Å². The van der Waals surface area contributed by atoms with Gasteiger partial charge in [0.05, 0.1) is 0 Å². The van der Waals surface area contributed by atoms with Crippen molar-refractivity contribution in [1.82, 2.24) is 4.90 Å². The number of carbonyl (C=O) groups excluding carboxylic acids is 1. The highest BCUT2D eigenvalue weighted by Gasteiger charge is 2.19. The molecule has 0 unspecified atom stereocenters. The number of halogens is 1. The summed E-state index contributed by atoms with van der Waals surface area (Å²) in [5.41, 5.74) is 0.881. The van der Waals surface area contributed by atoms with E-state index in [1.54, 1.807) is 7.05 Å². The van der Waals surface area contributed by atoms with Crippen LogP contribution in [-0.2, 0) is 6.54 Å². The molecule has 20 heavy (non-hydrogen) atoms. The number of aromatic hydroxyl groups is 2. The van der Waals surface area contributed by atoms with Crippen molar-refractivity contribution in [2.45, 2.75) is 6.54 Å². The van der Waals surface area contributed by atoms with Gasteiger partial charge >= 0.3 is 0 Å². The van der Waals surface area contributed by atoms with Crippen LogP contribution in [0.2, 0.25) is 0 Å². The molecule has 0 aliphatic heterocycles. The highest BCUT2D eigenvalue weighted by atomic mass is 79.9. The van der Waals surface area contributed by atoms with Crippen molar-refractivity contribution < 1.29 is 15.0 Å². The maximum atomic E-state index is 12.3. The smallest absolute Gasteiger partial charge is 0.261 e. The highest BCUT2D eigenvalue weighted by Crippen LogP contribution is 2.27. The topological polar surface area (TPSA) is 60.8 Å². The number of hydrogen-bond donors (Lipinski definition) is 2. The van der Waals surface area contributed by atoms with Crippen molar-refractivity contribution in [1.29, 1.82) is 0 Å². The first kappa shape index (κ1) is 14.4. The van der Waals surface area contributed by atoms with Gasteiger partial charge in [-0.2, -0.15) is 0 Å². The molecule has 5 heteroatoms. The van der Waals surface area contributed by atoms with Crippen molar-refractivity contribution in [2.75, 3.05) is 7.05 Å². The van der Waals surface area contributed by atoms with Crippen LogP contribution in [0.3, 0.4) is 0 Å². The quantitative estimate of drug-likeness (QED) is 0.905. The van der Waals surface area contributed by atoms with Gasteiger partial charge in [-0.3, -0.25) is 4.79 Å². The number of benzene rings is 2. The van der Waals surface area contributed by atoms with Crippen molar-refractivity contribution >= 4 is 21.8 Å². The molecule has 2 rings (SSSR count). The summed E-state index contributed by atoms with van der Waals surface area (Å²) in [5.74, 6) is -0.876. The van der Waals surface area contributed by atoms with Crippen LogP contribution in [0.25, 0.3) is 0 Å². The van der Waals surface area contributed by atoms with Gasteiger partial charge < -0.3 is 15.1 Å². The van der Waals surface area contributed by atoms with Crippen LogP contribution in [0.15, 0.2) is 46.9 Å². The summed E-state index contributed by atoms with van der Waals surface area (Å²) in [5, 5.41) is 19.4. The molecule has 1 amide bonds. The molecule has 0 radical (unpaired) electrons. The highest BCUT2D eigenvalue weighted by molar-refractivity contribution is 9.10. The van der Waals surface area contributed by atoms with Crippen LogP contribution in [-0.4, -0.2) is 28.1 Å². The number of hydrogen-bond acceptors (Lipinski definition) is 3. The van der Waals surface area contributed by atoms with Crippen LogP contribution >= 0.6 is 15.9 Å². The number of phenolic OH excluding ortho intramolecular Hbond substituents is 2. The Bertz CT molecular complexity index is 605. The number of amides is 1. The van der Waals surface area contributed by atoms with E-state index in [0.717, 1.165) is 10.0 Å². The fraction of sp³-hybridized carbons (Fsp3) is 0.133. The fourth-order valence-electron chi connectivity index (χ4n) is 1.87. The molecule has 104 valence electrons. The van der Waals surface area contributed by atoms with Gasteiger partial charge in [-0.25, -0.2) is 0 Å². The molecule has 0 saturated carbocycles. The Hall–Kier alpha value is -2.01. The van der Waals surface area contributed by atoms with E-state index >= 15 is 0 Å². The Morgan fingerprint density at radius 1 is 1.10 bits per heavy atom. The lowest BCUT2D eigenvalue weighted by molar-refractivity contribution is 0.0779. The molecule has 0 aliphatic carbocycles. The lowest BCUT2D eigenvalue weighted by Crippen LogP contribution is -2.26. The fourth-order valence-corrected chi connectivity index (χ4v) is 2.14. The summed E-state index contributed by atoms with van der Waals surface area (Å²) in [7, 11) is 1.62. The largest absolute Gasteiger partial charge is 0.507 e. The van der Waals surface area contributed by atoms with Gasteiger partial charge in [-0.05, 0) is 29.8 Å². The maximum Gasteiger partial charge on any atom is 0.261 e. The van der Waals surface area contributed by atoms with Gasteiger partial charge in [0, 0.05) is 18.1 Å². The van der Waals surface area contributed by atoms with E-state index in [2.05, 4.69) is 15.9 Å². The minimum absolute atomic E-state index is 0.0767. The summed E-state index contributed by atoms with van der Waals surface area (Å²) < 4.78 is 0.966. The van der Waals surface area contributed by atoms with E-state index in [1.807, 2.05) is 24.3 Å². The minimum Gasteiger partial charge on any atom is -0.507 e. The Balaban J connectivity index is 2.18. The summed E-state index contributed by atoms with van der Waals surface area (Å²) in [6.07, 6.45) is 0. The molecule has 0 aromatic heterocycles. The molecule has 2 aromatic rings. The lowest BCUT2D eigenvalue weighted by atomic mass is 10.1. The van der Waals surface area contributed by atoms with Crippen LogP contribution in [0, 0.1) is 0 Å². The molecule has 0 spiro atoms. The Kier molecular flexibility index (Phi) is 4.29. The molecule has 2 aromatic carbocycles. The van der Waals surface area contributed by atoms with Crippen LogP contribution in [0.4, 0.5) is 0 Å². The zero-order chi connectivity index (χ0) is 14.7. The molecule has 0 bridgehead atoms. The Labute approximate surface area is 125 Å². The number of rotatable bonds is 3. The summed E-state index contributed by atoms with van der Waals surface area (Å²) in [6, 6.07) is 11.8. The van der Waals surface area contributed by atoms with Crippen molar-refractivity contribution in [3.05, 3.63) is 58.1 Å². The van der Waals surface area contributed by atoms with E-state index in [9.17, 15) is 15.0 Å². The predicted molar refractivity (Wildman–Crippen MR) is 79.7 cm³/mol. The monoisotopic (exact) mass is 335 g/mol. The molecular formula is C15H14BrNO3. The third-order valence-corrected chi connectivity index (χ3v) is 3.44. The van der Waals surface area contributed by atoms with Gasteiger partial charge in [0.2, 0.25) is 0 Å². The molecule has 0 atom stereocenters. The number of phenols is 2. The van der Waals surface area contributed by atoms with E-state index in [-0.39, 0.29) is 17.1 Å². The Morgan fingerprint density at radius 2 is 1.65 bits per heavy atom. The van der Waals surface area contributed by atoms with Gasteiger partial charge in [0.15, 0.2) is 0 Å². The van der Waals surface area contributed by atoms with Crippen LogP contribution < -0.4 is 0 Å². The molecule has 4 nitrogen and oxygen atoms in total. The first-order chi connectivity index (χ1) is 9.49. The van der Waals surface area contributed by atoms with Crippen molar-refractivity contribution in [3.63, 3.8) is 0 Å². The van der Waals surface area contributed by atoms with Crippen molar-refractivity contribution in [2.24, 2.45) is 0 Å². The second-order valence-electron chi connectivity index (χ2n) is 4.46. The first-order valence-corrected chi connectivity index (χ1v) is 6.79. The molecule has 0 saturated heterocycles. The standard InChI is InChI=1S/C15H14BrNO3/c1-17(9-10-5-7-11(16)8-6-10)15(20)14-12(18)3-2-4-13(14)19/h2-8,18-19H,9H2,1H3. The summed E-state index contributed by atoms with van der Waals surface area (Å²) in [6.45, 7) is 0.389. The normalized spacial score (nSPS) is 10.3. The number of carbonyl (C=O) groups is 1. The van der Waals surface area contributed by atoms with Gasteiger partial charge in [0.1, 0.15) is 17.1 Å². The lowest BCUT2D eigenvalue weighted by Gasteiger charge is -2.18. The zero-order valence-electron chi connectivity index (χ0n) is 10.9. The molecule has 0 fully saturated rings. The second kappa shape index (κ2) is 5.96. The third-order valence-electron chi connectivity index (χ3n) is 2.91. The van der Waals surface area contributed by atoms with Gasteiger partial charge in [-0.15, -0.1) is 0 Å². The second-order valence-corrected chi connectivity index (χ2v) is 5.37. The average molecular weight is 336 g/mol. The Morgan fingerprint density at radius 3 is 2.20 bits per heavy atom. The third kappa shape index (κ3) is 3.11. The van der Waals surface area contributed by atoms with Gasteiger partial charge in [0.25, 0.3) is 5.91 Å².